The Kier molecular flexibility index (Phi) is 7.65. The predicted octanol–water partition coefficient (Wildman–Crippen LogP) is 4.06. The highest BCUT2D eigenvalue weighted by molar-refractivity contribution is 7.10. The van der Waals surface area contributed by atoms with Crippen molar-refractivity contribution in [3.8, 4) is 5.75 Å². The van der Waals surface area contributed by atoms with E-state index in [4.69, 9.17) is 9.47 Å². The molecule has 178 valence electrons. The van der Waals surface area contributed by atoms with Crippen LogP contribution in [0.4, 0.5) is 4.39 Å². The molecule has 2 aliphatic rings. The molecule has 3 heterocycles. The number of carbonyl (C=O) groups is 2. The smallest absolute Gasteiger partial charge is 0.242 e. The first kappa shape index (κ1) is 23.7. The summed E-state index contributed by atoms with van der Waals surface area (Å²) in [5, 5.41) is 2.01. The Morgan fingerprint density at radius 3 is 2.85 bits per heavy atom. The average molecular weight is 475 g/mol. The zero-order valence-electron chi connectivity index (χ0n) is 19.2. The van der Waals surface area contributed by atoms with Gasteiger partial charge in [0.2, 0.25) is 11.8 Å². The fourth-order valence-corrected chi connectivity index (χ4v) is 5.42. The quantitative estimate of drug-likeness (QED) is 0.579. The summed E-state index contributed by atoms with van der Waals surface area (Å²) in [7, 11) is 0. The molecule has 2 atom stereocenters. The number of hydrogen-bond donors (Lipinski definition) is 0. The zero-order valence-corrected chi connectivity index (χ0v) is 20.0. The number of halogens is 1. The van der Waals surface area contributed by atoms with Crippen molar-refractivity contribution in [2.75, 3.05) is 32.8 Å². The highest BCUT2D eigenvalue weighted by Gasteiger charge is 2.34. The van der Waals surface area contributed by atoms with Crippen LogP contribution in [0.1, 0.15) is 43.2 Å². The molecule has 1 aromatic carbocycles. The lowest BCUT2D eigenvalue weighted by Crippen LogP contribution is -2.50. The number of nitrogens with zero attached hydrogens (tertiary/aromatic N) is 2. The van der Waals surface area contributed by atoms with Crippen LogP contribution in [0.3, 0.4) is 0 Å². The number of ether oxygens (including phenoxy) is 2. The minimum absolute atomic E-state index is 0.00649. The van der Waals surface area contributed by atoms with Gasteiger partial charge in [-0.3, -0.25) is 9.59 Å². The van der Waals surface area contributed by atoms with E-state index in [2.05, 4.69) is 0 Å². The predicted molar refractivity (Wildman–Crippen MR) is 125 cm³/mol. The summed E-state index contributed by atoms with van der Waals surface area (Å²) in [6.45, 7) is 5.52. The summed E-state index contributed by atoms with van der Waals surface area (Å²) in [6.07, 6.45) is 2.62. The fourth-order valence-electron chi connectivity index (χ4n) is 4.49. The van der Waals surface area contributed by atoms with Gasteiger partial charge in [0, 0.05) is 30.5 Å². The van der Waals surface area contributed by atoms with Gasteiger partial charge in [0.15, 0.2) is 11.6 Å². The Morgan fingerprint density at radius 2 is 2.12 bits per heavy atom. The van der Waals surface area contributed by atoms with E-state index in [1.54, 1.807) is 39.3 Å². The molecule has 0 unspecified atom stereocenters. The third-order valence-corrected chi connectivity index (χ3v) is 7.22. The fraction of sp³-hybridized carbons (Fsp3) is 0.520. The first-order valence-corrected chi connectivity index (χ1v) is 12.5. The van der Waals surface area contributed by atoms with Gasteiger partial charge in [-0.15, -0.1) is 11.3 Å². The van der Waals surface area contributed by atoms with E-state index in [1.165, 1.54) is 10.9 Å². The summed E-state index contributed by atoms with van der Waals surface area (Å²) in [4.78, 5) is 31.0. The molecule has 2 aromatic rings. The molecule has 6 nitrogen and oxygen atoms in total. The minimum atomic E-state index is -0.429. The number of hydrogen-bond acceptors (Lipinski definition) is 5. The monoisotopic (exact) mass is 474 g/mol. The topological polar surface area (TPSA) is 59.1 Å². The maximum atomic E-state index is 14.1. The molecule has 4 rings (SSSR count). The van der Waals surface area contributed by atoms with Crippen LogP contribution in [-0.2, 0) is 20.7 Å². The molecule has 8 heteroatoms. The van der Waals surface area contributed by atoms with Crippen LogP contribution in [0.15, 0.2) is 35.7 Å². The molecular weight excluding hydrogens is 443 g/mol. The minimum Gasteiger partial charge on any atom is -0.488 e. The largest absolute Gasteiger partial charge is 0.488 e. The van der Waals surface area contributed by atoms with Gasteiger partial charge in [-0.1, -0.05) is 26.0 Å². The Morgan fingerprint density at radius 1 is 1.30 bits per heavy atom. The van der Waals surface area contributed by atoms with Gasteiger partial charge in [-0.05, 0) is 48.4 Å². The van der Waals surface area contributed by atoms with Crippen molar-refractivity contribution in [1.82, 2.24) is 9.80 Å². The second-order valence-corrected chi connectivity index (χ2v) is 9.90. The maximum Gasteiger partial charge on any atom is 0.242 e. The van der Waals surface area contributed by atoms with Crippen LogP contribution < -0.4 is 4.74 Å². The normalized spacial score (nSPS) is 20.1. The summed E-state index contributed by atoms with van der Waals surface area (Å²) in [5.41, 5.74) is 1.04. The van der Waals surface area contributed by atoms with E-state index < -0.39 is 5.82 Å². The molecule has 0 radical (unpaired) electrons. The van der Waals surface area contributed by atoms with E-state index in [-0.39, 0.29) is 48.8 Å². The molecule has 0 N–H and O–H groups in total. The van der Waals surface area contributed by atoms with Gasteiger partial charge in [0.1, 0.15) is 6.61 Å². The van der Waals surface area contributed by atoms with Crippen LogP contribution in [-0.4, -0.2) is 60.6 Å². The van der Waals surface area contributed by atoms with Crippen LogP contribution in [0.25, 0.3) is 0 Å². The van der Waals surface area contributed by atoms with Crippen LogP contribution in [0, 0.1) is 11.7 Å². The molecule has 0 saturated carbocycles. The molecule has 1 saturated heterocycles. The van der Waals surface area contributed by atoms with Gasteiger partial charge in [-0.2, -0.15) is 0 Å². The Labute approximate surface area is 198 Å². The molecule has 2 aliphatic heterocycles. The van der Waals surface area contributed by atoms with Crippen LogP contribution in [0.5, 0.6) is 5.75 Å². The molecule has 0 spiro atoms. The maximum absolute atomic E-state index is 14.1. The molecule has 2 amide bonds. The summed E-state index contributed by atoms with van der Waals surface area (Å²) in [5.74, 6) is -0.638. The lowest BCUT2D eigenvalue weighted by molar-refractivity contribution is -0.145. The van der Waals surface area contributed by atoms with Gasteiger partial charge in [0.25, 0.3) is 0 Å². The lowest BCUT2D eigenvalue weighted by Gasteiger charge is -2.37. The number of para-hydroxylation sites is 1. The number of rotatable bonds is 8. The van der Waals surface area contributed by atoms with Gasteiger partial charge >= 0.3 is 0 Å². The van der Waals surface area contributed by atoms with Crippen molar-refractivity contribution in [3.05, 3.63) is 52.0 Å². The van der Waals surface area contributed by atoms with Crippen molar-refractivity contribution in [2.45, 2.75) is 45.3 Å². The second kappa shape index (κ2) is 10.7. The Balaban J connectivity index is 1.50. The molecule has 0 bridgehead atoms. The summed E-state index contributed by atoms with van der Waals surface area (Å²) in [6, 6.07) is 7.96. The molecule has 1 aromatic heterocycles. The van der Waals surface area contributed by atoms with Crippen molar-refractivity contribution in [2.24, 2.45) is 5.92 Å². The highest BCUT2D eigenvalue weighted by Crippen LogP contribution is 2.34. The third kappa shape index (κ3) is 5.55. The van der Waals surface area contributed by atoms with Crippen molar-refractivity contribution in [1.29, 1.82) is 0 Å². The summed E-state index contributed by atoms with van der Waals surface area (Å²) >= 11 is 1.66. The molecule has 33 heavy (non-hydrogen) atoms. The molecule has 1 fully saturated rings. The number of thiophene rings is 1. The van der Waals surface area contributed by atoms with Crippen LogP contribution >= 0.6 is 11.3 Å². The summed E-state index contributed by atoms with van der Waals surface area (Å²) < 4.78 is 25.6. The number of amides is 2. The van der Waals surface area contributed by atoms with Gasteiger partial charge < -0.3 is 19.3 Å². The van der Waals surface area contributed by atoms with E-state index in [0.29, 0.717) is 19.7 Å². The zero-order chi connectivity index (χ0) is 23.4. The average Bonchev–Trinajstić information content (AvgIpc) is 3.49. The number of benzene rings is 1. The number of carbonyl (C=O) groups excluding carboxylic acids is 2. The van der Waals surface area contributed by atoms with Gasteiger partial charge in [-0.25, -0.2) is 4.39 Å². The SMILES string of the molecule is CC(C)C(=O)N(CC(=O)N1CCc2sccc2[C@H]1COc1ccccc1F)C[C@H]1CCCO1. The van der Waals surface area contributed by atoms with E-state index in [1.807, 2.05) is 25.3 Å². The van der Waals surface area contributed by atoms with E-state index in [0.717, 1.165) is 24.8 Å². The molecule has 0 aliphatic carbocycles. The Hall–Kier alpha value is -2.45. The first-order chi connectivity index (χ1) is 15.9. The van der Waals surface area contributed by atoms with Gasteiger partial charge in [0.05, 0.1) is 18.7 Å². The highest BCUT2D eigenvalue weighted by atomic mass is 32.1. The van der Waals surface area contributed by atoms with Crippen molar-refractivity contribution in [3.63, 3.8) is 0 Å². The number of fused-ring (bicyclic) bond motifs is 1. The first-order valence-electron chi connectivity index (χ1n) is 11.6. The Bertz CT molecular complexity index is 973. The molecular formula is C25H31FN2O4S. The van der Waals surface area contributed by atoms with E-state index in [9.17, 15) is 14.0 Å². The van der Waals surface area contributed by atoms with Crippen molar-refractivity contribution < 1.29 is 23.5 Å². The second-order valence-electron chi connectivity index (χ2n) is 8.90. The lowest BCUT2D eigenvalue weighted by atomic mass is 10.00. The standard InChI is InChI=1S/C25H31FN2O4S/c1-17(2)25(30)27(14-18-6-5-12-31-18)15-24(29)28-11-9-23-19(10-13-33-23)21(28)16-32-22-8-4-3-7-20(22)26/h3-4,7-8,10,13,17-18,21H,5-6,9,11-12,14-16H2,1-2H3/t18-,21-/m1/s1. The van der Waals surface area contributed by atoms with Crippen LogP contribution in [0.2, 0.25) is 0 Å². The van der Waals surface area contributed by atoms with Crippen molar-refractivity contribution >= 4 is 23.2 Å². The third-order valence-electron chi connectivity index (χ3n) is 6.23. The van der Waals surface area contributed by atoms with E-state index >= 15 is 0 Å².